The van der Waals surface area contributed by atoms with Gasteiger partial charge >= 0.3 is 23.9 Å². The maximum absolute atomic E-state index is 12.5. The number of carbonyl (C=O) groups is 4. The highest BCUT2D eigenvalue weighted by Crippen LogP contribution is 2.31. The van der Waals surface area contributed by atoms with Crippen molar-refractivity contribution in [3.05, 3.63) is 23.8 Å². The molecule has 208 valence electrons. The maximum atomic E-state index is 12.5. The molecule has 0 bridgehead atoms. The van der Waals surface area contributed by atoms with Crippen LogP contribution in [0.15, 0.2) is 18.2 Å². The molecule has 4 atom stereocenters. The van der Waals surface area contributed by atoms with E-state index in [2.05, 4.69) is 5.32 Å². The largest absolute Gasteiger partial charge is 0.468 e. The van der Waals surface area contributed by atoms with Gasteiger partial charge in [-0.25, -0.2) is 0 Å². The normalized spacial score (nSPS) is 14.3. The first-order chi connectivity index (χ1) is 17.4. The van der Waals surface area contributed by atoms with Crippen LogP contribution in [0.25, 0.3) is 0 Å². The molecule has 0 aliphatic rings. The van der Waals surface area contributed by atoms with Crippen LogP contribution in [0, 0.1) is 23.7 Å². The van der Waals surface area contributed by atoms with Gasteiger partial charge in [0.25, 0.3) is 0 Å². The Hall–Kier alpha value is -2.94. The first-order valence-corrected chi connectivity index (χ1v) is 13.0. The Morgan fingerprint density at radius 3 is 1.89 bits per heavy atom. The van der Waals surface area contributed by atoms with Gasteiger partial charge in [-0.3, -0.25) is 19.2 Å². The zero-order chi connectivity index (χ0) is 28.1. The van der Waals surface area contributed by atoms with Gasteiger partial charge in [0, 0.05) is 6.54 Å². The number of benzene rings is 1. The third kappa shape index (κ3) is 10.5. The van der Waals surface area contributed by atoms with Crippen LogP contribution in [0.4, 0.5) is 0 Å². The minimum absolute atomic E-state index is 0.103. The third-order valence-corrected chi connectivity index (χ3v) is 6.49. The van der Waals surface area contributed by atoms with Crippen LogP contribution in [0.3, 0.4) is 0 Å². The van der Waals surface area contributed by atoms with Crippen molar-refractivity contribution in [3.8, 4) is 11.5 Å². The highest BCUT2D eigenvalue weighted by Gasteiger charge is 2.24. The predicted molar refractivity (Wildman–Crippen MR) is 139 cm³/mol. The Labute approximate surface area is 220 Å². The predicted octanol–water partition coefficient (Wildman–Crippen LogP) is 4.10. The zero-order valence-electron chi connectivity index (χ0n) is 23.4. The number of hydrogen-bond acceptors (Lipinski definition) is 9. The van der Waals surface area contributed by atoms with E-state index in [0.29, 0.717) is 18.4 Å². The highest BCUT2D eigenvalue weighted by atomic mass is 16.6. The van der Waals surface area contributed by atoms with Crippen LogP contribution < -0.4 is 14.8 Å². The fourth-order valence-electron chi connectivity index (χ4n) is 3.00. The van der Waals surface area contributed by atoms with E-state index in [1.165, 1.54) is 7.11 Å². The molecule has 0 saturated heterocycles. The molecule has 0 aliphatic heterocycles. The summed E-state index contributed by atoms with van der Waals surface area (Å²) in [6.07, 6.45) is 1.41. The van der Waals surface area contributed by atoms with Gasteiger partial charge < -0.3 is 24.3 Å². The molecular weight excluding hydrogens is 478 g/mol. The number of methoxy groups -OCH3 is 1. The zero-order valence-corrected chi connectivity index (χ0v) is 23.4. The van der Waals surface area contributed by atoms with E-state index >= 15 is 0 Å². The molecule has 0 heterocycles. The highest BCUT2D eigenvalue weighted by molar-refractivity contribution is 5.79. The van der Waals surface area contributed by atoms with E-state index in [0.717, 1.165) is 0 Å². The molecule has 0 radical (unpaired) electrons. The quantitative estimate of drug-likeness (QED) is 0.207. The van der Waals surface area contributed by atoms with Crippen molar-refractivity contribution in [2.24, 2.45) is 23.7 Å². The average Bonchev–Trinajstić information content (AvgIpc) is 2.89. The van der Waals surface area contributed by atoms with Crippen LogP contribution in [-0.4, -0.2) is 50.2 Å². The molecule has 3 unspecified atom stereocenters. The summed E-state index contributed by atoms with van der Waals surface area (Å²) in [5, 5.41) is 3.05. The van der Waals surface area contributed by atoms with Gasteiger partial charge in [0.15, 0.2) is 11.5 Å². The molecule has 0 saturated carbocycles. The van der Waals surface area contributed by atoms with E-state index in [4.69, 9.17) is 18.9 Å². The maximum Gasteiger partial charge on any atom is 0.323 e. The fraction of sp³-hybridized carbons (Fsp3) is 0.643. The van der Waals surface area contributed by atoms with Gasteiger partial charge in [-0.1, -0.05) is 54.5 Å². The minimum Gasteiger partial charge on any atom is -0.468 e. The van der Waals surface area contributed by atoms with Crippen molar-refractivity contribution in [2.75, 3.05) is 20.3 Å². The van der Waals surface area contributed by atoms with Crippen LogP contribution in [0.2, 0.25) is 0 Å². The third-order valence-electron chi connectivity index (χ3n) is 6.49. The first kappa shape index (κ1) is 32.1. The number of hydrogen-bond donors (Lipinski definition) is 1. The first-order valence-electron chi connectivity index (χ1n) is 13.0. The van der Waals surface area contributed by atoms with Gasteiger partial charge in [-0.15, -0.1) is 0 Å². The standard InChI is InChI=1S/C28H43NO8/c1-9-18(5)25(30)36-23-12-11-21(16-24(23)37-26(31)19(6)10-2)15-22(28(33)34-8)29-13-14-35-27(32)20(7)17(3)4/h11-12,16-20,22,29H,9-10,13-15H2,1-8H3/t18?,19?,20?,22-/m0/s1. The summed E-state index contributed by atoms with van der Waals surface area (Å²) >= 11 is 0. The van der Waals surface area contributed by atoms with Gasteiger partial charge in [-0.2, -0.15) is 0 Å². The summed E-state index contributed by atoms with van der Waals surface area (Å²) in [5.41, 5.74) is 0.656. The smallest absolute Gasteiger partial charge is 0.323 e. The second kappa shape index (κ2) is 16.0. The van der Waals surface area contributed by atoms with Crippen molar-refractivity contribution >= 4 is 23.9 Å². The lowest BCUT2D eigenvalue weighted by molar-refractivity contribution is -0.149. The van der Waals surface area contributed by atoms with Crippen molar-refractivity contribution in [3.63, 3.8) is 0 Å². The molecule has 1 aromatic carbocycles. The van der Waals surface area contributed by atoms with Crippen LogP contribution in [0.1, 0.15) is 66.9 Å². The van der Waals surface area contributed by atoms with Gasteiger partial charge in [0.1, 0.15) is 12.6 Å². The molecule has 1 rings (SSSR count). The Kier molecular flexibility index (Phi) is 13.9. The monoisotopic (exact) mass is 521 g/mol. The summed E-state index contributed by atoms with van der Waals surface area (Å²) in [5.74, 6) is -2.11. The summed E-state index contributed by atoms with van der Waals surface area (Å²) in [6.45, 7) is 13.3. The molecule has 9 heteroatoms. The van der Waals surface area contributed by atoms with E-state index < -0.39 is 23.9 Å². The number of rotatable bonds is 15. The lowest BCUT2D eigenvalue weighted by Crippen LogP contribution is -2.41. The Bertz CT molecular complexity index is 913. The summed E-state index contributed by atoms with van der Waals surface area (Å²) < 4.78 is 21.3. The van der Waals surface area contributed by atoms with Crippen LogP contribution >= 0.6 is 0 Å². The topological polar surface area (TPSA) is 117 Å². The number of esters is 4. The summed E-state index contributed by atoms with van der Waals surface area (Å²) in [4.78, 5) is 49.3. The average molecular weight is 522 g/mol. The fourth-order valence-corrected chi connectivity index (χ4v) is 3.00. The Morgan fingerprint density at radius 1 is 0.811 bits per heavy atom. The SMILES string of the molecule is CCC(C)C(=O)Oc1ccc(C[C@H](NCCOC(=O)C(C)C(C)C)C(=O)OC)cc1OC(=O)C(C)CC. The molecule has 0 aromatic heterocycles. The van der Waals surface area contributed by atoms with Crippen molar-refractivity contribution in [1.29, 1.82) is 0 Å². The van der Waals surface area contributed by atoms with Crippen LogP contribution in [-0.2, 0) is 35.1 Å². The van der Waals surface area contributed by atoms with Crippen molar-refractivity contribution < 1.29 is 38.1 Å². The van der Waals surface area contributed by atoms with Gasteiger partial charge in [-0.05, 0) is 42.9 Å². The lowest BCUT2D eigenvalue weighted by atomic mass is 9.99. The van der Waals surface area contributed by atoms with Crippen molar-refractivity contribution in [1.82, 2.24) is 5.32 Å². The van der Waals surface area contributed by atoms with E-state index in [9.17, 15) is 19.2 Å². The van der Waals surface area contributed by atoms with E-state index in [-0.39, 0.29) is 60.7 Å². The molecular formula is C28H43NO8. The molecule has 0 spiro atoms. The summed E-state index contributed by atoms with van der Waals surface area (Å²) in [6, 6.07) is 4.10. The molecule has 0 amide bonds. The molecule has 1 aromatic rings. The Morgan fingerprint density at radius 2 is 1.38 bits per heavy atom. The molecule has 1 N–H and O–H groups in total. The van der Waals surface area contributed by atoms with Crippen LogP contribution in [0.5, 0.6) is 11.5 Å². The molecule has 0 fully saturated rings. The number of nitrogens with one attached hydrogen (secondary N) is 1. The van der Waals surface area contributed by atoms with Crippen molar-refractivity contribution in [2.45, 2.75) is 73.8 Å². The lowest BCUT2D eigenvalue weighted by Gasteiger charge is -2.19. The molecule has 9 nitrogen and oxygen atoms in total. The van der Waals surface area contributed by atoms with E-state index in [1.54, 1.807) is 32.0 Å². The number of carbonyl (C=O) groups excluding carboxylic acids is 4. The van der Waals surface area contributed by atoms with Gasteiger partial charge in [0.05, 0.1) is 24.9 Å². The molecule has 0 aliphatic carbocycles. The second-order valence-electron chi connectivity index (χ2n) is 9.68. The van der Waals surface area contributed by atoms with Gasteiger partial charge in [0.2, 0.25) is 0 Å². The molecule has 37 heavy (non-hydrogen) atoms. The minimum atomic E-state index is -0.738. The Balaban J connectivity index is 3.03. The van der Waals surface area contributed by atoms with E-state index in [1.807, 2.05) is 34.6 Å². The second-order valence-corrected chi connectivity index (χ2v) is 9.68. The number of ether oxygens (including phenoxy) is 4. The summed E-state index contributed by atoms with van der Waals surface area (Å²) in [7, 11) is 1.29.